The average Bonchev–Trinajstić information content (AvgIpc) is 2.45. The lowest BCUT2D eigenvalue weighted by molar-refractivity contribution is -0.148. The van der Waals surface area contributed by atoms with Gasteiger partial charge in [0.2, 0.25) is 0 Å². The minimum Gasteiger partial charge on any atom is -0.484 e. The number of amides is 1. The normalized spacial score (nSPS) is 11.3. The van der Waals surface area contributed by atoms with Crippen LogP contribution in [0.2, 0.25) is 0 Å². The quantitative estimate of drug-likeness (QED) is 0.710. The summed E-state index contributed by atoms with van der Waals surface area (Å²) in [6, 6.07) is 5.78. The van der Waals surface area contributed by atoms with Crippen LogP contribution >= 0.6 is 0 Å². The molecule has 0 fully saturated rings. The van der Waals surface area contributed by atoms with Crippen molar-refractivity contribution in [1.82, 2.24) is 5.32 Å². The first-order valence-electron chi connectivity index (χ1n) is 6.21. The van der Waals surface area contributed by atoms with Crippen molar-refractivity contribution in [3.05, 3.63) is 29.8 Å². The molecule has 0 aliphatic heterocycles. The summed E-state index contributed by atoms with van der Waals surface area (Å²) < 4.78 is 9.66. The second-order valence-electron chi connectivity index (χ2n) is 4.29. The van der Waals surface area contributed by atoms with E-state index in [0.29, 0.717) is 5.75 Å². The fraction of sp³-hybridized carbons (Fsp3) is 0.357. The molecule has 0 aliphatic carbocycles. The van der Waals surface area contributed by atoms with E-state index in [1.165, 1.54) is 0 Å². The van der Waals surface area contributed by atoms with Crippen molar-refractivity contribution in [2.75, 3.05) is 13.7 Å². The highest BCUT2D eigenvalue weighted by Gasteiger charge is 2.23. The molecule has 0 saturated heterocycles. The molecule has 1 atom stereocenters. The Hall–Kier alpha value is -2.57. The van der Waals surface area contributed by atoms with E-state index < -0.39 is 30.3 Å². The summed E-state index contributed by atoms with van der Waals surface area (Å²) in [7, 11) is 1.14. The monoisotopic (exact) mass is 295 g/mol. The Morgan fingerprint density at radius 3 is 2.52 bits per heavy atom. The molecule has 0 radical (unpaired) electrons. The van der Waals surface area contributed by atoms with Crippen molar-refractivity contribution >= 4 is 17.8 Å². The van der Waals surface area contributed by atoms with Gasteiger partial charge in [0.05, 0.1) is 13.5 Å². The molecule has 1 amide bonds. The van der Waals surface area contributed by atoms with Crippen LogP contribution in [0.15, 0.2) is 24.3 Å². The van der Waals surface area contributed by atoms with E-state index in [9.17, 15) is 14.4 Å². The zero-order valence-electron chi connectivity index (χ0n) is 11.8. The molecule has 2 N–H and O–H groups in total. The van der Waals surface area contributed by atoms with Crippen molar-refractivity contribution in [2.45, 2.75) is 19.4 Å². The number of aliphatic carboxylic acids is 1. The number of para-hydroxylation sites is 1. The zero-order valence-corrected chi connectivity index (χ0v) is 11.8. The van der Waals surface area contributed by atoms with E-state index in [2.05, 4.69) is 10.1 Å². The number of ether oxygens (including phenoxy) is 2. The molecule has 0 heterocycles. The summed E-state index contributed by atoms with van der Waals surface area (Å²) >= 11 is 0. The topological polar surface area (TPSA) is 102 Å². The summed E-state index contributed by atoms with van der Waals surface area (Å²) in [5.41, 5.74) is 0.856. The minimum absolute atomic E-state index is 0.337. The molecular formula is C14H17NO6. The fourth-order valence-electron chi connectivity index (χ4n) is 1.55. The smallest absolute Gasteiger partial charge is 0.326 e. The lowest BCUT2D eigenvalue weighted by Gasteiger charge is -2.14. The molecule has 0 bridgehead atoms. The predicted molar refractivity (Wildman–Crippen MR) is 72.9 cm³/mol. The molecule has 7 nitrogen and oxygen atoms in total. The minimum atomic E-state index is -1.34. The van der Waals surface area contributed by atoms with Gasteiger partial charge >= 0.3 is 11.9 Å². The number of esters is 1. The van der Waals surface area contributed by atoms with Crippen LogP contribution in [0.4, 0.5) is 0 Å². The van der Waals surface area contributed by atoms with E-state index in [-0.39, 0.29) is 6.61 Å². The van der Waals surface area contributed by atoms with Crippen LogP contribution in [0.1, 0.15) is 12.0 Å². The molecule has 0 saturated carbocycles. The molecule has 1 aromatic rings. The average molecular weight is 295 g/mol. The van der Waals surface area contributed by atoms with Crippen LogP contribution in [0.5, 0.6) is 5.75 Å². The Morgan fingerprint density at radius 2 is 1.95 bits per heavy atom. The van der Waals surface area contributed by atoms with Gasteiger partial charge in [0.1, 0.15) is 11.8 Å². The first-order chi connectivity index (χ1) is 9.93. The number of carbonyl (C=O) groups is 3. The summed E-state index contributed by atoms with van der Waals surface area (Å²) in [5.74, 6) is -2.13. The third-order valence-corrected chi connectivity index (χ3v) is 2.68. The number of carboxylic acids is 1. The summed E-state index contributed by atoms with van der Waals surface area (Å²) in [5, 5.41) is 11.1. The molecule has 0 aliphatic rings. The third kappa shape index (κ3) is 5.52. The molecule has 0 spiro atoms. The first kappa shape index (κ1) is 16.5. The number of hydrogen-bond acceptors (Lipinski definition) is 5. The van der Waals surface area contributed by atoms with Gasteiger partial charge in [-0.3, -0.25) is 9.59 Å². The van der Waals surface area contributed by atoms with Crippen LogP contribution < -0.4 is 10.1 Å². The first-order valence-corrected chi connectivity index (χ1v) is 6.21. The maximum absolute atomic E-state index is 11.7. The van der Waals surface area contributed by atoms with Crippen molar-refractivity contribution in [2.24, 2.45) is 0 Å². The lowest BCUT2D eigenvalue weighted by atomic mass is 10.2. The highest BCUT2D eigenvalue weighted by molar-refractivity contribution is 5.87. The van der Waals surface area contributed by atoms with Gasteiger partial charge in [-0.25, -0.2) is 4.79 Å². The van der Waals surface area contributed by atoms with Gasteiger partial charge in [-0.05, 0) is 18.6 Å². The molecule has 114 valence electrons. The second-order valence-corrected chi connectivity index (χ2v) is 4.29. The van der Waals surface area contributed by atoms with Gasteiger partial charge in [0.15, 0.2) is 6.61 Å². The van der Waals surface area contributed by atoms with Crippen molar-refractivity contribution < 1.29 is 29.0 Å². The van der Waals surface area contributed by atoms with E-state index in [1.54, 1.807) is 12.1 Å². The Morgan fingerprint density at radius 1 is 1.29 bits per heavy atom. The van der Waals surface area contributed by atoms with Gasteiger partial charge in [-0.15, -0.1) is 0 Å². The highest BCUT2D eigenvalue weighted by atomic mass is 16.5. The van der Waals surface area contributed by atoms with Crippen molar-refractivity contribution in [1.29, 1.82) is 0 Å². The number of carbonyl (C=O) groups excluding carboxylic acids is 2. The molecule has 1 rings (SSSR count). The Kier molecular flexibility index (Phi) is 6.19. The van der Waals surface area contributed by atoms with Crippen LogP contribution in [-0.4, -0.2) is 42.7 Å². The van der Waals surface area contributed by atoms with Crippen LogP contribution in [0.3, 0.4) is 0 Å². The van der Waals surface area contributed by atoms with Crippen LogP contribution in [-0.2, 0) is 19.1 Å². The predicted octanol–water partition coefficient (Wildman–Crippen LogP) is 0.506. The number of benzene rings is 1. The van der Waals surface area contributed by atoms with Gasteiger partial charge < -0.3 is 19.9 Å². The van der Waals surface area contributed by atoms with Gasteiger partial charge in [-0.2, -0.15) is 0 Å². The number of nitrogens with one attached hydrogen (secondary N) is 1. The maximum atomic E-state index is 11.7. The lowest BCUT2D eigenvalue weighted by Crippen LogP contribution is -2.44. The standard InChI is InChI=1S/C14H17NO6/c1-9-5-3-4-6-11(9)21-8-12(16)15-10(14(18)19)7-13(17)20-2/h3-6,10H,7-8H2,1-2H3,(H,15,16)(H,18,19)/t10-/m0/s1. The third-order valence-electron chi connectivity index (χ3n) is 2.68. The molecular weight excluding hydrogens is 278 g/mol. The van der Waals surface area contributed by atoms with Gasteiger partial charge in [-0.1, -0.05) is 18.2 Å². The van der Waals surface area contributed by atoms with Gasteiger partial charge in [0, 0.05) is 0 Å². The number of rotatable bonds is 7. The zero-order chi connectivity index (χ0) is 15.8. The van der Waals surface area contributed by atoms with Crippen LogP contribution in [0.25, 0.3) is 0 Å². The Labute approximate surface area is 121 Å². The SMILES string of the molecule is COC(=O)C[C@H](NC(=O)COc1ccccc1C)C(=O)O. The fourth-order valence-corrected chi connectivity index (χ4v) is 1.55. The van der Waals surface area contributed by atoms with Crippen molar-refractivity contribution in [3.8, 4) is 5.75 Å². The van der Waals surface area contributed by atoms with E-state index >= 15 is 0 Å². The Balaban J connectivity index is 2.53. The Bertz CT molecular complexity index is 528. The number of carboxylic acid groups (broad SMARTS) is 1. The molecule has 7 heteroatoms. The van der Waals surface area contributed by atoms with E-state index in [0.717, 1.165) is 12.7 Å². The number of aryl methyl sites for hydroxylation is 1. The van der Waals surface area contributed by atoms with Gasteiger partial charge in [0.25, 0.3) is 5.91 Å². The molecule has 21 heavy (non-hydrogen) atoms. The van der Waals surface area contributed by atoms with E-state index in [4.69, 9.17) is 9.84 Å². The maximum Gasteiger partial charge on any atom is 0.326 e. The second kappa shape index (κ2) is 7.88. The molecule has 0 unspecified atom stereocenters. The van der Waals surface area contributed by atoms with Crippen LogP contribution in [0, 0.1) is 6.92 Å². The molecule has 0 aromatic heterocycles. The van der Waals surface area contributed by atoms with Crippen molar-refractivity contribution in [3.63, 3.8) is 0 Å². The number of hydrogen-bond donors (Lipinski definition) is 2. The largest absolute Gasteiger partial charge is 0.484 e. The molecule has 1 aromatic carbocycles. The summed E-state index contributed by atoms with van der Waals surface area (Å²) in [4.78, 5) is 33.7. The number of methoxy groups -OCH3 is 1. The summed E-state index contributed by atoms with van der Waals surface area (Å²) in [6.45, 7) is 1.49. The summed E-state index contributed by atoms with van der Waals surface area (Å²) in [6.07, 6.45) is -0.443. The van der Waals surface area contributed by atoms with E-state index in [1.807, 2.05) is 19.1 Å². The highest BCUT2D eigenvalue weighted by Crippen LogP contribution is 2.15.